The summed E-state index contributed by atoms with van der Waals surface area (Å²) in [5, 5.41) is 0. The fourth-order valence-electron chi connectivity index (χ4n) is 9.95. The van der Waals surface area contributed by atoms with Gasteiger partial charge in [0.1, 0.15) is 0 Å². The predicted molar refractivity (Wildman–Crippen MR) is 275 cm³/mol. The Balaban J connectivity index is 1.41. The van der Waals surface area contributed by atoms with E-state index in [1.807, 2.05) is 0 Å². The van der Waals surface area contributed by atoms with Crippen molar-refractivity contribution in [3.63, 3.8) is 0 Å². The van der Waals surface area contributed by atoms with E-state index >= 15 is 0 Å². The summed E-state index contributed by atoms with van der Waals surface area (Å²) in [7, 11) is 0. The van der Waals surface area contributed by atoms with Crippen LogP contribution in [0.5, 0.6) is 0 Å². The van der Waals surface area contributed by atoms with Gasteiger partial charge in [0.25, 0.3) is 0 Å². The Morgan fingerprint density at radius 2 is 0.803 bits per heavy atom. The lowest BCUT2D eigenvalue weighted by atomic mass is 9.70. The molecular weight excluding hydrogens is 852 g/mol. The molecule has 0 bridgehead atoms. The Morgan fingerprint density at radius 1 is 0.410 bits per heavy atom. The van der Waals surface area contributed by atoms with E-state index in [0.717, 1.165) is 10.8 Å². The zero-order valence-corrected chi connectivity index (χ0v) is 39.9. The van der Waals surface area contributed by atoms with Gasteiger partial charge in [0.05, 0.1) is 0 Å². The van der Waals surface area contributed by atoms with E-state index < -0.39 is 0 Å². The quantitative estimate of drug-likeness (QED) is 0.0380. The first-order chi connectivity index (χ1) is 29.9. The number of nitrogens with zero attached hydrogens (tertiary/aromatic N) is 2. The van der Waals surface area contributed by atoms with Crippen LogP contribution in [0.1, 0.15) is 144 Å². The number of hydrogen-bond donors (Lipinski definition) is 0. The van der Waals surface area contributed by atoms with E-state index in [0.29, 0.717) is 0 Å². The van der Waals surface area contributed by atoms with Crippen molar-refractivity contribution >= 4 is 56.7 Å². The van der Waals surface area contributed by atoms with Gasteiger partial charge in [-0.2, -0.15) is 0 Å². The van der Waals surface area contributed by atoms with Crippen LogP contribution in [0.25, 0.3) is 11.1 Å². The Labute approximate surface area is 383 Å². The second kappa shape index (κ2) is 21.6. The molecule has 0 fully saturated rings. The van der Waals surface area contributed by atoms with Crippen molar-refractivity contribution in [3.05, 3.63) is 167 Å². The lowest BCUT2D eigenvalue weighted by Gasteiger charge is -2.35. The van der Waals surface area contributed by atoms with E-state index in [4.69, 9.17) is 0 Å². The highest BCUT2D eigenvalue weighted by molar-refractivity contribution is 14.1. The topological polar surface area (TPSA) is 6.48 Å². The molecule has 0 aromatic heterocycles. The fraction of sp³-hybridized carbons (Fsp3) is 0.379. The lowest BCUT2D eigenvalue weighted by Crippen LogP contribution is -2.26. The number of unbranched alkanes of at least 4 members (excludes halogenated alkanes) is 10. The molecule has 1 aliphatic rings. The van der Waals surface area contributed by atoms with Gasteiger partial charge < -0.3 is 9.80 Å². The normalized spacial score (nSPS) is 12.6. The van der Waals surface area contributed by atoms with Crippen LogP contribution in [0, 0.1) is 13.8 Å². The smallest absolute Gasteiger partial charge is 0.0465 e. The molecule has 2 nitrogen and oxygen atoms in total. The molecule has 61 heavy (non-hydrogen) atoms. The molecule has 0 atom stereocenters. The molecule has 0 unspecified atom stereocenters. The fourth-order valence-corrected chi connectivity index (χ4v) is 10.4. The third-order valence-corrected chi connectivity index (χ3v) is 14.1. The van der Waals surface area contributed by atoms with Crippen molar-refractivity contribution in [2.45, 2.75) is 141 Å². The highest BCUT2D eigenvalue weighted by Crippen LogP contribution is 2.57. The highest BCUT2D eigenvalue weighted by atomic mass is 127. The summed E-state index contributed by atoms with van der Waals surface area (Å²) in [5.41, 5.74) is 18.4. The molecule has 0 aliphatic heterocycles. The number of anilines is 6. The summed E-state index contributed by atoms with van der Waals surface area (Å²) in [4.78, 5) is 5.03. The number of aryl methyl sites for hydroxylation is 3. The minimum atomic E-state index is -0.0852. The summed E-state index contributed by atoms with van der Waals surface area (Å²) in [6, 6.07) is 51.4. The molecule has 318 valence electrons. The van der Waals surface area contributed by atoms with Gasteiger partial charge >= 0.3 is 0 Å². The second-order valence-electron chi connectivity index (χ2n) is 17.8. The molecular formula is C58H69IN2. The Kier molecular flexibility index (Phi) is 15.9. The standard InChI is InChI=1S/C58H69IN2/c1-6-9-11-13-15-17-35-58(36-18-16-14-12-10-7-2)56-41-52(60(48-27-19-23-44(4)37-48)50-29-21-25-46(8-3)39-50)31-33-54(56)55-34-32-53(42-57(55)58)61(49-28-20-24-45(5)38-49)51-30-22-26-47(40-51)43-59/h19-34,37-42H,6-18,35-36,43H2,1-5H3. The van der Waals surface area contributed by atoms with Crippen LogP contribution in [-0.2, 0) is 16.3 Å². The third kappa shape index (κ3) is 10.5. The minimum absolute atomic E-state index is 0.0852. The minimum Gasteiger partial charge on any atom is -0.310 e. The van der Waals surface area contributed by atoms with E-state index in [9.17, 15) is 0 Å². The summed E-state index contributed by atoms with van der Waals surface area (Å²) >= 11 is 2.50. The number of fused-ring (bicyclic) bond motifs is 3. The average Bonchev–Trinajstić information content (AvgIpc) is 3.54. The van der Waals surface area contributed by atoms with Crippen molar-refractivity contribution in [3.8, 4) is 11.1 Å². The van der Waals surface area contributed by atoms with Crippen molar-refractivity contribution in [2.24, 2.45) is 0 Å². The van der Waals surface area contributed by atoms with Crippen molar-refractivity contribution in [1.82, 2.24) is 0 Å². The van der Waals surface area contributed by atoms with Crippen molar-refractivity contribution in [1.29, 1.82) is 0 Å². The zero-order valence-electron chi connectivity index (χ0n) is 37.8. The Morgan fingerprint density at radius 3 is 1.25 bits per heavy atom. The molecule has 0 saturated heterocycles. The first-order valence-electron chi connectivity index (χ1n) is 23.7. The number of halogens is 1. The van der Waals surface area contributed by atoms with E-state index in [-0.39, 0.29) is 5.41 Å². The Hall–Kier alpha value is -4.35. The average molecular weight is 921 g/mol. The number of hydrogen-bond acceptors (Lipinski definition) is 2. The molecule has 0 amide bonds. The van der Waals surface area contributed by atoms with Crippen LogP contribution in [0.15, 0.2) is 133 Å². The second-order valence-corrected chi connectivity index (χ2v) is 18.5. The third-order valence-electron chi connectivity index (χ3n) is 13.2. The van der Waals surface area contributed by atoms with Gasteiger partial charge in [0.2, 0.25) is 0 Å². The van der Waals surface area contributed by atoms with Crippen molar-refractivity contribution in [2.75, 3.05) is 9.80 Å². The van der Waals surface area contributed by atoms with Gasteiger partial charge in [-0.05, 0) is 150 Å². The monoisotopic (exact) mass is 920 g/mol. The van der Waals surface area contributed by atoms with Gasteiger partial charge in [0.15, 0.2) is 0 Å². The highest BCUT2D eigenvalue weighted by Gasteiger charge is 2.43. The lowest BCUT2D eigenvalue weighted by molar-refractivity contribution is 0.398. The number of rotatable bonds is 22. The molecule has 0 spiro atoms. The van der Waals surface area contributed by atoms with Gasteiger partial charge in [-0.3, -0.25) is 0 Å². The Bertz CT molecular complexity index is 2180. The van der Waals surface area contributed by atoms with Crippen LogP contribution in [0.2, 0.25) is 0 Å². The zero-order chi connectivity index (χ0) is 42.6. The summed E-state index contributed by atoms with van der Waals surface area (Å²) in [6.45, 7) is 11.3. The molecule has 7 rings (SSSR count). The molecule has 1 aliphatic carbocycles. The maximum atomic E-state index is 2.62. The molecule has 6 aromatic carbocycles. The van der Waals surface area contributed by atoms with Crippen LogP contribution >= 0.6 is 22.6 Å². The van der Waals surface area contributed by atoms with Gasteiger partial charge in [-0.15, -0.1) is 0 Å². The number of alkyl halides is 1. The van der Waals surface area contributed by atoms with E-state index in [1.165, 1.54) is 169 Å². The number of benzene rings is 6. The first kappa shape index (κ1) is 44.7. The van der Waals surface area contributed by atoms with Crippen LogP contribution < -0.4 is 9.80 Å². The first-order valence-corrected chi connectivity index (χ1v) is 25.2. The van der Waals surface area contributed by atoms with Gasteiger partial charge in [-0.25, -0.2) is 0 Å². The predicted octanol–water partition coefficient (Wildman–Crippen LogP) is 18.5. The molecule has 6 aromatic rings. The summed E-state index contributed by atoms with van der Waals surface area (Å²) in [6.07, 6.45) is 19.0. The van der Waals surface area contributed by atoms with Gasteiger partial charge in [0, 0.05) is 44.0 Å². The maximum absolute atomic E-state index is 2.62. The molecule has 3 heteroatoms. The van der Waals surface area contributed by atoms with Crippen molar-refractivity contribution < 1.29 is 0 Å². The summed E-state index contributed by atoms with van der Waals surface area (Å²) < 4.78 is 0.983. The molecule has 0 N–H and O–H groups in total. The SMILES string of the molecule is CCCCCCCCC1(CCCCCCCC)c2cc(N(c3cccc(C)c3)c3cccc(CC)c3)ccc2-c2ccc(N(c3cccc(C)c3)c3cccc(CI)c3)cc21. The summed E-state index contributed by atoms with van der Waals surface area (Å²) in [5.74, 6) is 0. The van der Waals surface area contributed by atoms with Crippen LogP contribution in [-0.4, -0.2) is 0 Å². The molecule has 0 heterocycles. The molecule has 0 radical (unpaired) electrons. The van der Waals surface area contributed by atoms with Crippen LogP contribution in [0.3, 0.4) is 0 Å². The largest absolute Gasteiger partial charge is 0.310 e. The van der Waals surface area contributed by atoms with Gasteiger partial charge in [-0.1, -0.05) is 181 Å². The molecule has 0 saturated carbocycles. The van der Waals surface area contributed by atoms with Crippen LogP contribution in [0.4, 0.5) is 34.1 Å². The maximum Gasteiger partial charge on any atom is 0.0465 e. The van der Waals surface area contributed by atoms with E-state index in [1.54, 1.807) is 0 Å². The van der Waals surface area contributed by atoms with E-state index in [2.05, 4.69) is 200 Å².